The largest absolute Gasteiger partial charge is 0.497 e. The Morgan fingerprint density at radius 2 is 1.54 bits per heavy atom. The molecule has 3 aromatic rings. The number of ether oxygens (including phenoxy) is 3. The lowest BCUT2D eigenvalue weighted by molar-refractivity contribution is -0.120. The average Bonchev–Trinajstić information content (AvgIpc) is 3.07. The first kappa shape index (κ1) is 29.8. The number of alkyl carbamates (subject to hydrolysis) is 1. The van der Waals surface area contributed by atoms with E-state index in [4.69, 9.17) is 14.2 Å². The van der Waals surface area contributed by atoms with Gasteiger partial charge in [0.1, 0.15) is 23.1 Å². The second-order valence-corrected chi connectivity index (χ2v) is 11.6. The molecule has 0 radical (unpaired) electrons. The lowest BCUT2D eigenvalue weighted by atomic mass is 10.1. The van der Waals surface area contributed by atoms with Gasteiger partial charge in [-0.15, -0.1) is 11.8 Å². The van der Waals surface area contributed by atoms with Crippen LogP contribution >= 0.6 is 11.8 Å². The van der Waals surface area contributed by atoms with Crippen molar-refractivity contribution in [3.8, 4) is 11.5 Å². The van der Waals surface area contributed by atoms with Crippen molar-refractivity contribution in [3.05, 3.63) is 83.4 Å². The smallest absolute Gasteiger partial charge is 0.408 e. The summed E-state index contributed by atoms with van der Waals surface area (Å²) in [6, 6.07) is 19.4. The number of thioether (sulfide) groups is 1. The number of anilines is 1. The van der Waals surface area contributed by atoms with Crippen molar-refractivity contribution >= 4 is 35.4 Å². The van der Waals surface area contributed by atoms with Gasteiger partial charge in [0.25, 0.3) is 11.8 Å². The van der Waals surface area contributed by atoms with Gasteiger partial charge in [0.2, 0.25) is 0 Å². The molecule has 0 aromatic heterocycles. The fourth-order valence-corrected chi connectivity index (χ4v) is 5.25. The number of amides is 3. The van der Waals surface area contributed by atoms with Gasteiger partial charge in [0.15, 0.2) is 0 Å². The summed E-state index contributed by atoms with van der Waals surface area (Å²) in [6.45, 7) is 5.88. The quantitative estimate of drug-likeness (QED) is 0.381. The molecule has 1 heterocycles. The van der Waals surface area contributed by atoms with Gasteiger partial charge in [0, 0.05) is 22.8 Å². The molecule has 2 N–H and O–H groups in total. The number of carbonyl (C=O) groups is 3. The molecule has 216 valence electrons. The molecule has 0 unspecified atom stereocenters. The Hall–Kier alpha value is -4.18. The van der Waals surface area contributed by atoms with E-state index in [1.165, 1.54) is 11.8 Å². The van der Waals surface area contributed by atoms with Crippen LogP contribution in [-0.4, -0.2) is 49.5 Å². The number of carbonyl (C=O) groups excluding carboxylic acids is 3. The third-order valence-corrected chi connectivity index (χ3v) is 7.44. The fourth-order valence-electron chi connectivity index (χ4n) is 4.20. The minimum Gasteiger partial charge on any atom is -0.497 e. The normalized spacial score (nSPS) is 14.9. The Balaban J connectivity index is 1.59. The summed E-state index contributed by atoms with van der Waals surface area (Å²) in [7, 11) is 3.20. The summed E-state index contributed by atoms with van der Waals surface area (Å²) in [5.74, 6) is 1.19. The highest BCUT2D eigenvalue weighted by molar-refractivity contribution is 7.99. The first-order valence-electron chi connectivity index (χ1n) is 13.2. The van der Waals surface area contributed by atoms with E-state index < -0.39 is 17.7 Å². The van der Waals surface area contributed by atoms with Gasteiger partial charge in [0.05, 0.1) is 26.5 Å². The second kappa shape index (κ2) is 13.0. The molecule has 0 saturated carbocycles. The van der Waals surface area contributed by atoms with Crippen molar-refractivity contribution in [3.63, 3.8) is 0 Å². The van der Waals surface area contributed by atoms with E-state index in [9.17, 15) is 14.4 Å². The molecule has 1 aliphatic heterocycles. The molecule has 9 nitrogen and oxygen atoms in total. The second-order valence-electron chi connectivity index (χ2n) is 10.5. The lowest BCUT2D eigenvalue weighted by Gasteiger charge is -2.27. The number of methoxy groups -OCH3 is 2. The average molecular weight is 578 g/mol. The van der Waals surface area contributed by atoms with E-state index in [0.717, 1.165) is 21.8 Å². The predicted octanol–water partition coefficient (Wildman–Crippen LogP) is 5.17. The molecular weight excluding hydrogens is 542 g/mol. The Labute approximate surface area is 244 Å². The number of hydrogen-bond acceptors (Lipinski definition) is 7. The van der Waals surface area contributed by atoms with Crippen LogP contribution in [-0.2, 0) is 22.6 Å². The highest BCUT2D eigenvalue weighted by Gasteiger charge is 2.33. The van der Waals surface area contributed by atoms with Crippen LogP contribution in [0.4, 0.5) is 10.5 Å². The molecule has 0 fully saturated rings. The first-order valence-corrected chi connectivity index (χ1v) is 14.2. The van der Waals surface area contributed by atoms with E-state index in [0.29, 0.717) is 29.3 Å². The lowest BCUT2D eigenvalue weighted by Crippen LogP contribution is -2.50. The molecule has 4 rings (SSSR count). The van der Waals surface area contributed by atoms with Gasteiger partial charge in [-0.05, 0) is 74.4 Å². The van der Waals surface area contributed by atoms with Crippen molar-refractivity contribution in [2.24, 2.45) is 0 Å². The van der Waals surface area contributed by atoms with Gasteiger partial charge in [-0.1, -0.05) is 24.3 Å². The van der Waals surface area contributed by atoms with Gasteiger partial charge in [-0.3, -0.25) is 9.59 Å². The molecule has 0 bridgehead atoms. The Bertz CT molecular complexity index is 1390. The maximum absolute atomic E-state index is 13.9. The molecule has 41 heavy (non-hydrogen) atoms. The van der Waals surface area contributed by atoms with Crippen LogP contribution in [0.3, 0.4) is 0 Å². The van der Waals surface area contributed by atoms with Crippen molar-refractivity contribution in [2.45, 2.75) is 50.4 Å². The third kappa shape index (κ3) is 7.94. The number of fused-ring (bicyclic) bond motifs is 1. The molecule has 3 aromatic carbocycles. The standard InChI is InChI=1S/C31H35N3O6S/c1-31(2,3)40-30(37)33-25-19-41-27-15-10-22(28(35)32-17-20-6-11-23(38-4)12-7-20)16-26(27)34(29(25)36)18-21-8-13-24(39-5)14-9-21/h6-16,25H,17-19H2,1-5H3,(H,32,35)(H,33,37)/t25-/m0/s1. The van der Waals surface area contributed by atoms with Gasteiger partial charge in [-0.2, -0.15) is 0 Å². The monoisotopic (exact) mass is 577 g/mol. The zero-order valence-electron chi connectivity index (χ0n) is 23.9. The maximum Gasteiger partial charge on any atom is 0.408 e. The van der Waals surface area contributed by atoms with Crippen molar-refractivity contribution in [2.75, 3.05) is 24.9 Å². The van der Waals surface area contributed by atoms with Crippen molar-refractivity contribution < 1.29 is 28.6 Å². The highest BCUT2D eigenvalue weighted by Crippen LogP contribution is 2.36. The molecule has 10 heteroatoms. The molecule has 3 amide bonds. The van der Waals surface area contributed by atoms with E-state index in [-0.39, 0.29) is 18.4 Å². The Morgan fingerprint density at radius 3 is 2.12 bits per heavy atom. The summed E-state index contributed by atoms with van der Waals surface area (Å²) in [6.07, 6.45) is -0.662. The van der Waals surface area contributed by atoms with E-state index >= 15 is 0 Å². The van der Waals surface area contributed by atoms with Crippen molar-refractivity contribution in [1.82, 2.24) is 10.6 Å². The zero-order valence-corrected chi connectivity index (χ0v) is 24.7. The third-order valence-electron chi connectivity index (χ3n) is 6.28. The minimum absolute atomic E-state index is 0.236. The Morgan fingerprint density at radius 1 is 0.927 bits per heavy atom. The maximum atomic E-state index is 13.9. The molecule has 0 spiro atoms. The number of rotatable bonds is 8. The van der Waals surface area contributed by atoms with E-state index in [1.807, 2.05) is 54.6 Å². The van der Waals surface area contributed by atoms with Crippen molar-refractivity contribution in [1.29, 1.82) is 0 Å². The van der Waals surface area contributed by atoms with E-state index in [1.54, 1.807) is 52.0 Å². The molecular formula is C31H35N3O6S. The van der Waals surface area contributed by atoms with Gasteiger partial charge >= 0.3 is 6.09 Å². The van der Waals surface area contributed by atoms with Crippen LogP contribution < -0.4 is 25.0 Å². The number of benzene rings is 3. The van der Waals surface area contributed by atoms with Crippen LogP contribution in [0.15, 0.2) is 71.6 Å². The van der Waals surface area contributed by atoms with Gasteiger partial charge in [-0.25, -0.2) is 4.79 Å². The summed E-state index contributed by atoms with van der Waals surface area (Å²) < 4.78 is 15.9. The van der Waals surface area contributed by atoms with E-state index in [2.05, 4.69) is 10.6 Å². The molecule has 1 atom stereocenters. The number of hydrogen-bond donors (Lipinski definition) is 2. The minimum atomic E-state index is -0.826. The summed E-state index contributed by atoms with van der Waals surface area (Å²) in [4.78, 5) is 42.0. The molecule has 0 saturated heterocycles. The predicted molar refractivity (Wildman–Crippen MR) is 159 cm³/mol. The summed E-state index contributed by atoms with van der Waals surface area (Å²) >= 11 is 1.44. The van der Waals surface area contributed by atoms with Gasteiger partial charge < -0.3 is 29.7 Å². The Kier molecular flexibility index (Phi) is 9.44. The van der Waals surface area contributed by atoms with Crippen LogP contribution in [0.1, 0.15) is 42.3 Å². The topological polar surface area (TPSA) is 106 Å². The zero-order chi connectivity index (χ0) is 29.6. The first-order chi connectivity index (χ1) is 19.6. The van der Waals surface area contributed by atoms with Crippen LogP contribution in [0, 0.1) is 0 Å². The summed E-state index contributed by atoms with van der Waals surface area (Å²) in [5, 5.41) is 5.68. The molecule has 0 aliphatic carbocycles. The van der Waals surface area contributed by atoms with Crippen LogP contribution in [0.25, 0.3) is 0 Å². The number of nitrogens with one attached hydrogen (secondary N) is 2. The van der Waals surface area contributed by atoms with Crippen LogP contribution in [0.5, 0.6) is 11.5 Å². The summed E-state index contributed by atoms with van der Waals surface area (Å²) in [5.41, 5.74) is 2.11. The number of nitrogens with zero attached hydrogens (tertiary/aromatic N) is 1. The molecule has 1 aliphatic rings. The highest BCUT2D eigenvalue weighted by atomic mass is 32.2. The fraction of sp³-hybridized carbons (Fsp3) is 0.323. The SMILES string of the molecule is COc1ccc(CNC(=O)c2ccc3c(c2)N(Cc2ccc(OC)cc2)C(=O)[C@@H](NC(=O)OC(C)(C)C)CS3)cc1. The van der Waals surface area contributed by atoms with Crippen LogP contribution in [0.2, 0.25) is 0 Å².